The SMILES string of the molecule is COc1ccc([C@@H]2CN(C(=O)Cn3ccccc3=O)C[C@H]2NC(C)=O)cc1. The van der Waals surface area contributed by atoms with Gasteiger partial charge in [-0.3, -0.25) is 14.4 Å². The Morgan fingerprint density at radius 3 is 2.52 bits per heavy atom. The Morgan fingerprint density at radius 2 is 1.89 bits per heavy atom. The third-order valence-electron chi connectivity index (χ3n) is 4.81. The maximum absolute atomic E-state index is 12.7. The van der Waals surface area contributed by atoms with Crippen molar-refractivity contribution in [1.29, 1.82) is 0 Å². The summed E-state index contributed by atoms with van der Waals surface area (Å²) in [5, 5.41) is 2.95. The molecule has 1 aromatic carbocycles. The second-order valence-corrected chi connectivity index (χ2v) is 6.65. The molecule has 1 aliphatic rings. The minimum atomic E-state index is -0.213. The summed E-state index contributed by atoms with van der Waals surface area (Å²) in [6.45, 7) is 2.36. The van der Waals surface area contributed by atoms with Crippen molar-refractivity contribution >= 4 is 11.8 Å². The number of carbonyl (C=O) groups excluding carboxylic acids is 2. The van der Waals surface area contributed by atoms with E-state index in [1.165, 1.54) is 17.6 Å². The molecule has 142 valence electrons. The smallest absolute Gasteiger partial charge is 0.250 e. The van der Waals surface area contributed by atoms with Crippen LogP contribution in [0.1, 0.15) is 18.4 Å². The van der Waals surface area contributed by atoms with Gasteiger partial charge in [0.2, 0.25) is 11.8 Å². The van der Waals surface area contributed by atoms with E-state index in [0.717, 1.165) is 11.3 Å². The normalized spacial score (nSPS) is 19.0. The molecule has 1 saturated heterocycles. The molecule has 1 aromatic heterocycles. The summed E-state index contributed by atoms with van der Waals surface area (Å²) in [5.41, 5.74) is 0.817. The molecule has 0 spiro atoms. The van der Waals surface area contributed by atoms with Crippen LogP contribution in [-0.4, -0.2) is 47.5 Å². The minimum absolute atomic E-state index is 0.0121. The van der Waals surface area contributed by atoms with Crippen LogP contribution in [0.5, 0.6) is 5.75 Å². The second-order valence-electron chi connectivity index (χ2n) is 6.65. The predicted octanol–water partition coefficient (Wildman–Crippen LogP) is 0.988. The summed E-state index contributed by atoms with van der Waals surface area (Å²) >= 11 is 0. The molecule has 27 heavy (non-hydrogen) atoms. The van der Waals surface area contributed by atoms with Crippen LogP contribution in [0, 0.1) is 0 Å². The predicted molar refractivity (Wildman–Crippen MR) is 101 cm³/mol. The van der Waals surface area contributed by atoms with Crippen molar-refractivity contribution in [1.82, 2.24) is 14.8 Å². The van der Waals surface area contributed by atoms with Crippen molar-refractivity contribution in [2.24, 2.45) is 0 Å². The van der Waals surface area contributed by atoms with Gasteiger partial charge in [-0.2, -0.15) is 0 Å². The summed E-state index contributed by atoms with van der Waals surface area (Å²) in [6.07, 6.45) is 1.60. The lowest BCUT2D eigenvalue weighted by Gasteiger charge is -2.19. The molecule has 7 nitrogen and oxygen atoms in total. The third-order valence-corrected chi connectivity index (χ3v) is 4.81. The van der Waals surface area contributed by atoms with Crippen molar-refractivity contribution in [3.05, 3.63) is 64.6 Å². The molecule has 3 rings (SSSR count). The highest BCUT2D eigenvalue weighted by Gasteiger charge is 2.36. The Morgan fingerprint density at radius 1 is 1.15 bits per heavy atom. The molecule has 2 amide bonds. The summed E-state index contributed by atoms with van der Waals surface area (Å²) in [4.78, 5) is 37.9. The van der Waals surface area contributed by atoms with Crippen LogP contribution in [0.15, 0.2) is 53.5 Å². The molecule has 0 aliphatic carbocycles. The van der Waals surface area contributed by atoms with E-state index < -0.39 is 0 Å². The van der Waals surface area contributed by atoms with Gasteiger partial charge in [-0.05, 0) is 23.8 Å². The first kappa shape index (κ1) is 18.7. The molecule has 1 fully saturated rings. The highest BCUT2D eigenvalue weighted by atomic mass is 16.5. The molecule has 1 N–H and O–H groups in total. The Bertz CT molecular complexity index is 875. The lowest BCUT2D eigenvalue weighted by molar-refractivity contribution is -0.131. The molecule has 2 heterocycles. The number of amides is 2. The molecule has 7 heteroatoms. The number of nitrogens with zero attached hydrogens (tertiary/aromatic N) is 2. The Labute approximate surface area is 157 Å². The van der Waals surface area contributed by atoms with E-state index in [4.69, 9.17) is 4.74 Å². The van der Waals surface area contributed by atoms with Crippen molar-refractivity contribution < 1.29 is 14.3 Å². The molecule has 0 radical (unpaired) electrons. The second kappa shape index (κ2) is 8.07. The molecule has 0 unspecified atom stereocenters. The maximum atomic E-state index is 12.7. The molecule has 1 aliphatic heterocycles. The summed E-state index contributed by atoms with van der Waals surface area (Å²) < 4.78 is 6.58. The number of aromatic nitrogens is 1. The molecule has 0 bridgehead atoms. The summed E-state index contributed by atoms with van der Waals surface area (Å²) in [7, 11) is 1.61. The fourth-order valence-electron chi connectivity index (χ4n) is 3.44. The van der Waals surface area contributed by atoms with Gasteiger partial charge in [0.15, 0.2) is 0 Å². The minimum Gasteiger partial charge on any atom is -0.497 e. The van der Waals surface area contributed by atoms with Crippen molar-refractivity contribution in [3.8, 4) is 5.75 Å². The number of pyridine rings is 1. The lowest BCUT2D eigenvalue weighted by Crippen LogP contribution is -2.40. The average Bonchev–Trinajstić information content (AvgIpc) is 3.07. The van der Waals surface area contributed by atoms with E-state index in [1.807, 2.05) is 24.3 Å². The number of ether oxygens (including phenoxy) is 1. The van der Waals surface area contributed by atoms with Gasteiger partial charge in [0.05, 0.1) is 13.2 Å². The highest BCUT2D eigenvalue weighted by Crippen LogP contribution is 2.29. The van der Waals surface area contributed by atoms with Gasteiger partial charge in [-0.1, -0.05) is 18.2 Å². The topological polar surface area (TPSA) is 80.6 Å². The van der Waals surface area contributed by atoms with Crippen LogP contribution in [0.3, 0.4) is 0 Å². The molecule has 2 atom stereocenters. The number of hydrogen-bond acceptors (Lipinski definition) is 4. The molecule has 2 aromatic rings. The third kappa shape index (κ3) is 4.36. The highest BCUT2D eigenvalue weighted by molar-refractivity contribution is 5.77. The van der Waals surface area contributed by atoms with Gasteiger partial charge >= 0.3 is 0 Å². The zero-order chi connectivity index (χ0) is 19.4. The summed E-state index contributed by atoms with van der Waals surface area (Å²) in [6, 6.07) is 12.3. The van der Waals surface area contributed by atoms with E-state index in [1.54, 1.807) is 30.3 Å². The maximum Gasteiger partial charge on any atom is 0.250 e. The van der Waals surface area contributed by atoms with Crippen molar-refractivity contribution in [3.63, 3.8) is 0 Å². The van der Waals surface area contributed by atoms with E-state index >= 15 is 0 Å². The lowest BCUT2D eigenvalue weighted by atomic mass is 9.94. The first-order chi connectivity index (χ1) is 13.0. The number of nitrogens with one attached hydrogen (secondary N) is 1. The Hall–Kier alpha value is -3.09. The van der Waals surface area contributed by atoms with Crippen LogP contribution < -0.4 is 15.6 Å². The van der Waals surface area contributed by atoms with Crippen LogP contribution in [0.4, 0.5) is 0 Å². The Kier molecular flexibility index (Phi) is 5.59. The monoisotopic (exact) mass is 369 g/mol. The number of rotatable bonds is 5. The number of benzene rings is 1. The average molecular weight is 369 g/mol. The van der Waals surface area contributed by atoms with Gasteiger partial charge in [-0.15, -0.1) is 0 Å². The first-order valence-electron chi connectivity index (χ1n) is 8.82. The number of hydrogen-bond donors (Lipinski definition) is 1. The van der Waals surface area contributed by atoms with Gasteiger partial charge in [-0.25, -0.2) is 0 Å². The Balaban J connectivity index is 1.77. The van der Waals surface area contributed by atoms with E-state index in [-0.39, 0.29) is 35.9 Å². The van der Waals surface area contributed by atoms with E-state index in [0.29, 0.717) is 13.1 Å². The molecule has 0 saturated carbocycles. The van der Waals surface area contributed by atoms with E-state index in [9.17, 15) is 14.4 Å². The van der Waals surface area contributed by atoms with Gasteiger partial charge in [0, 0.05) is 38.2 Å². The van der Waals surface area contributed by atoms with Crippen LogP contribution in [-0.2, 0) is 16.1 Å². The van der Waals surface area contributed by atoms with Crippen molar-refractivity contribution in [2.45, 2.75) is 25.4 Å². The zero-order valence-corrected chi connectivity index (χ0v) is 15.4. The molecular weight excluding hydrogens is 346 g/mol. The van der Waals surface area contributed by atoms with Crippen LogP contribution in [0.25, 0.3) is 0 Å². The fourth-order valence-corrected chi connectivity index (χ4v) is 3.44. The summed E-state index contributed by atoms with van der Waals surface area (Å²) in [5.74, 6) is 0.460. The van der Waals surface area contributed by atoms with E-state index in [2.05, 4.69) is 5.32 Å². The largest absolute Gasteiger partial charge is 0.497 e. The van der Waals surface area contributed by atoms with Gasteiger partial charge in [0.1, 0.15) is 12.3 Å². The molecular formula is C20H23N3O4. The van der Waals surface area contributed by atoms with Gasteiger partial charge < -0.3 is 19.5 Å². The van der Waals surface area contributed by atoms with Crippen LogP contribution in [0.2, 0.25) is 0 Å². The first-order valence-corrected chi connectivity index (χ1v) is 8.82. The number of methoxy groups -OCH3 is 1. The number of carbonyl (C=O) groups is 2. The van der Waals surface area contributed by atoms with Crippen LogP contribution >= 0.6 is 0 Å². The quantitative estimate of drug-likeness (QED) is 0.852. The van der Waals surface area contributed by atoms with Gasteiger partial charge in [0.25, 0.3) is 5.56 Å². The van der Waals surface area contributed by atoms with Crippen molar-refractivity contribution in [2.75, 3.05) is 20.2 Å². The number of likely N-dealkylation sites (tertiary alicyclic amines) is 1. The standard InChI is InChI=1S/C20H23N3O4/c1-14(24)21-18-12-23(20(26)13-22-10-4-3-5-19(22)25)11-17(18)15-6-8-16(27-2)9-7-15/h3-10,17-18H,11-13H2,1-2H3,(H,21,24)/t17-,18+/m0/s1. The fraction of sp³-hybridized carbons (Fsp3) is 0.350. The zero-order valence-electron chi connectivity index (χ0n) is 15.4.